The van der Waals surface area contributed by atoms with Crippen molar-refractivity contribution in [1.82, 2.24) is 29.4 Å². The Bertz CT molecular complexity index is 1430. The molecule has 1 amide bonds. The number of hydrogen-bond acceptors (Lipinski definition) is 6. The standard InChI is InChI=1S/C22H21N7OS/c1-28-10-15(25-11-28)7-18(30)24-9-13-4-3-5-14(6-13)17-8-16-21(31-17)20-19(22(23)27-16)26-12-29(20)2/h3-6,8,10-12H,7,9H2,1-2H3,(H2,23,27)(H,24,30). The van der Waals surface area contributed by atoms with Crippen LogP contribution in [0.25, 0.3) is 31.7 Å². The van der Waals surface area contributed by atoms with Crippen LogP contribution in [0.4, 0.5) is 5.82 Å². The number of pyridine rings is 1. The molecule has 0 aliphatic carbocycles. The van der Waals surface area contributed by atoms with Crippen molar-refractivity contribution >= 4 is 44.3 Å². The molecule has 9 heteroatoms. The van der Waals surface area contributed by atoms with Crippen LogP contribution < -0.4 is 11.1 Å². The number of fused-ring (bicyclic) bond motifs is 3. The van der Waals surface area contributed by atoms with Gasteiger partial charge in [0.25, 0.3) is 0 Å². The van der Waals surface area contributed by atoms with Crippen molar-refractivity contribution < 1.29 is 4.79 Å². The van der Waals surface area contributed by atoms with Gasteiger partial charge in [0, 0.05) is 31.7 Å². The number of nitrogens with one attached hydrogen (secondary N) is 1. The topological polar surface area (TPSA) is 104 Å². The molecule has 0 unspecified atom stereocenters. The lowest BCUT2D eigenvalue weighted by atomic mass is 10.1. The summed E-state index contributed by atoms with van der Waals surface area (Å²) in [5, 5.41) is 2.97. The number of imidazole rings is 2. The summed E-state index contributed by atoms with van der Waals surface area (Å²) in [5.41, 5.74) is 11.6. The molecule has 0 spiro atoms. The summed E-state index contributed by atoms with van der Waals surface area (Å²) in [6.45, 7) is 0.460. The van der Waals surface area contributed by atoms with Crippen LogP contribution in [0.3, 0.4) is 0 Å². The molecule has 4 aromatic heterocycles. The Labute approximate surface area is 182 Å². The first-order chi connectivity index (χ1) is 15.0. The van der Waals surface area contributed by atoms with E-state index in [9.17, 15) is 4.79 Å². The van der Waals surface area contributed by atoms with E-state index in [1.54, 1.807) is 24.0 Å². The summed E-state index contributed by atoms with van der Waals surface area (Å²) >= 11 is 1.67. The number of rotatable bonds is 5. The summed E-state index contributed by atoms with van der Waals surface area (Å²) in [6.07, 6.45) is 5.57. The molecule has 156 valence electrons. The maximum Gasteiger partial charge on any atom is 0.226 e. The summed E-state index contributed by atoms with van der Waals surface area (Å²) in [4.78, 5) is 26.4. The molecule has 5 aromatic rings. The highest BCUT2D eigenvalue weighted by Crippen LogP contribution is 2.38. The Balaban J connectivity index is 1.38. The third-order valence-electron chi connectivity index (χ3n) is 5.15. The molecule has 0 radical (unpaired) electrons. The van der Waals surface area contributed by atoms with Gasteiger partial charge in [0.05, 0.1) is 40.5 Å². The van der Waals surface area contributed by atoms with E-state index >= 15 is 0 Å². The van der Waals surface area contributed by atoms with Crippen LogP contribution in [-0.2, 0) is 31.9 Å². The zero-order chi connectivity index (χ0) is 21.5. The molecule has 3 N–H and O–H groups in total. The number of anilines is 1. The first-order valence-electron chi connectivity index (χ1n) is 9.81. The SMILES string of the molecule is Cn1cnc(CC(=O)NCc2cccc(-c3cc4nc(N)c5ncn(C)c5c4s3)c2)c1. The Morgan fingerprint density at radius 3 is 2.87 bits per heavy atom. The van der Waals surface area contributed by atoms with Gasteiger partial charge in [-0.05, 0) is 23.3 Å². The first-order valence-corrected chi connectivity index (χ1v) is 10.6. The predicted molar refractivity (Wildman–Crippen MR) is 122 cm³/mol. The van der Waals surface area contributed by atoms with Crippen molar-refractivity contribution in [3.63, 3.8) is 0 Å². The summed E-state index contributed by atoms with van der Waals surface area (Å²) in [6, 6.07) is 10.2. The number of amides is 1. The van der Waals surface area contributed by atoms with Crippen molar-refractivity contribution in [2.24, 2.45) is 14.1 Å². The third-order valence-corrected chi connectivity index (χ3v) is 6.33. The molecule has 0 saturated heterocycles. The van der Waals surface area contributed by atoms with Gasteiger partial charge in [-0.15, -0.1) is 11.3 Å². The quantitative estimate of drug-likeness (QED) is 0.445. The maximum atomic E-state index is 12.2. The van der Waals surface area contributed by atoms with Gasteiger partial charge in [0.2, 0.25) is 5.91 Å². The average molecular weight is 432 g/mol. The van der Waals surface area contributed by atoms with Crippen molar-refractivity contribution in [1.29, 1.82) is 0 Å². The van der Waals surface area contributed by atoms with E-state index in [4.69, 9.17) is 5.73 Å². The molecule has 0 aliphatic rings. The van der Waals surface area contributed by atoms with E-state index in [0.717, 1.165) is 42.9 Å². The van der Waals surface area contributed by atoms with Crippen LogP contribution in [0.15, 0.2) is 49.2 Å². The van der Waals surface area contributed by atoms with Crippen LogP contribution in [-0.4, -0.2) is 30.0 Å². The zero-order valence-corrected chi connectivity index (χ0v) is 18.0. The second kappa shape index (κ2) is 7.51. The highest BCUT2D eigenvalue weighted by atomic mass is 32.1. The molecule has 0 aliphatic heterocycles. The highest BCUT2D eigenvalue weighted by Gasteiger charge is 2.15. The van der Waals surface area contributed by atoms with Gasteiger partial charge in [-0.2, -0.15) is 0 Å². The lowest BCUT2D eigenvalue weighted by Crippen LogP contribution is -2.24. The maximum absolute atomic E-state index is 12.2. The second-order valence-electron chi connectivity index (χ2n) is 7.56. The lowest BCUT2D eigenvalue weighted by Gasteiger charge is -2.06. The molecule has 0 atom stereocenters. The summed E-state index contributed by atoms with van der Waals surface area (Å²) < 4.78 is 4.87. The minimum absolute atomic E-state index is 0.0516. The number of aromatic nitrogens is 5. The minimum atomic E-state index is -0.0516. The Morgan fingerprint density at radius 2 is 2.06 bits per heavy atom. The van der Waals surface area contributed by atoms with E-state index in [0.29, 0.717) is 12.4 Å². The molecular weight excluding hydrogens is 410 g/mol. The fourth-order valence-electron chi connectivity index (χ4n) is 3.66. The molecule has 0 saturated carbocycles. The van der Waals surface area contributed by atoms with Gasteiger partial charge in [0.15, 0.2) is 5.82 Å². The van der Waals surface area contributed by atoms with Crippen LogP contribution in [0, 0.1) is 0 Å². The van der Waals surface area contributed by atoms with Crippen LogP contribution in [0.2, 0.25) is 0 Å². The number of nitrogen functional groups attached to an aromatic ring is 1. The first kappa shape index (κ1) is 19.3. The average Bonchev–Trinajstić information content (AvgIpc) is 3.45. The van der Waals surface area contributed by atoms with Gasteiger partial charge >= 0.3 is 0 Å². The van der Waals surface area contributed by atoms with E-state index < -0.39 is 0 Å². The number of benzene rings is 1. The van der Waals surface area contributed by atoms with Crippen molar-refractivity contribution in [3.8, 4) is 10.4 Å². The third kappa shape index (κ3) is 3.64. The normalized spacial score (nSPS) is 11.4. The van der Waals surface area contributed by atoms with Gasteiger partial charge in [-0.1, -0.05) is 18.2 Å². The van der Waals surface area contributed by atoms with E-state index in [2.05, 4.69) is 38.5 Å². The molecule has 1 aromatic carbocycles. The number of aryl methyl sites for hydroxylation is 2. The zero-order valence-electron chi connectivity index (χ0n) is 17.2. The predicted octanol–water partition coefficient (Wildman–Crippen LogP) is 3.02. The second-order valence-corrected chi connectivity index (χ2v) is 8.61. The van der Waals surface area contributed by atoms with Gasteiger partial charge < -0.3 is 20.2 Å². The minimum Gasteiger partial charge on any atom is -0.382 e. The smallest absolute Gasteiger partial charge is 0.226 e. The Morgan fingerprint density at radius 1 is 1.19 bits per heavy atom. The molecule has 8 nitrogen and oxygen atoms in total. The van der Waals surface area contributed by atoms with Crippen molar-refractivity contribution in [2.45, 2.75) is 13.0 Å². The monoisotopic (exact) mass is 431 g/mol. The number of carbonyl (C=O) groups excluding carboxylic acids is 1. The van der Waals surface area contributed by atoms with Gasteiger partial charge in [-0.3, -0.25) is 4.79 Å². The lowest BCUT2D eigenvalue weighted by molar-refractivity contribution is -0.120. The number of nitrogens with zero attached hydrogens (tertiary/aromatic N) is 5. The molecule has 4 heterocycles. The number of nitrogens with two attached hydrogens (primary N) is 1. The largest absolute Gasteiger partial charge is 0.382 e. The van der Waals surface area contributed by atoms with Crippen molar-refractivity contribution in [3.05, 3.63) is 60.4 Å². The van der Waals surface area contributed by atoms with Crippen LogP contribution in [0.5, 0.6) is 0 Å². The molecule has 0 fully saturated rings. The van der Waals surface area contributed by atoms with Gasteiger partial charge in [0.1, 0.15) is 5.52 Å². The van der Waals surface area contributed by atoms with Crippen LogP contribution >= 0.6 is 11.3 Å². The fraction of sp³-hybridized carbons (Fsp3) is 0.182. The number of carbonyl (C=O) groups is 1. The van der Waals surface area contributed by atoms with E-state index in [-0.39, 0.29) is 12.3 Å². The summed E-state index contributed by atoms with van der Waals surface area (Å²) in [7, 11) is 3.85. The summed E-state index contributed by atoms with van der Waals surface area (Å²) in [5.74, 6) is 0.390. The Hall–Kier alpha value is -3.72. The fourth-order valence-corrected chi connectivity index (χ4v) is 4.85. The molecule has 31 heavy (non-hydrogen) atoms. The molecular formula is C22H21N7OS. The van der Waals surface area contributed by atoms with Crippen LogP contribution in [0.1, 0.15) is 11.3 Å². The van der Waals surface area contributed by atoms with E-state index in [1.807, 2.05) is 41.6 Å². The Kier molecular flexibility index (Phi) is 4.67. The molecule has 5 rings (SSSR count). The number of thiophene rings is 1. The molecule has 0 bridgehead atoms. The number of hydrogen-bond donors (Lipinski definition) is 2. The van der Waals surface area contributed by atoms with E-state index in [1.165, 1.54) is 0 Å². The van der Waals surface area contributed by atoms with Gasteiger partial charge in [-0.25, -0.2) is 15.0 Å². The van der Waals surface area contributed by atoms with Crippen molar-refractivity contribution in [2.75, 3.05) is 5.73 Å². The highest BCUT2D eigenvalue weighted by molar-refractivity contribution is 7.23.